The van der Waals surface area contributed by atoms with Crippen LogP contribution in [0.25, 0.3) is 0 Å². The van der Waals surface area contributed by atoms with Gasteiger partial charge in [-0.1, -0.05) is 65.8 Å². The molecule has 2 atom stereocenters. The molecule has 0 saturated carbocycles. The maximum absolute atomic E-state index is 13.8. The number of carbonyl (C=O) groups excluding carboxylic acids is 3. The number of rotatable bonds is 10. The first kappa shape index (κ1) is 30.0. The van der Waals surface area contributed by atoms with Gasteiger partial charge in [0.15, 0.2) is 22.7 Å². The molecule has 1 aromatic heterocycles. The van der Waals surface area contributed by atoms with Crippen molar-refractivity contribution in [2.75, 3.05) is 24.9 Å². The highest BCUT2D eigenvalue weighted by Gasteiger charge is 2.56. The molecule has 17 heteroatoms. The number of nitrogens with two attached hydrogens (primary N) is 1. The highest BCUT2D eigenvalue weighted by molar-refractivity contribution is 8.00. The predicted molar refractivity (Wildman–Crippen MR) is 157 cm³/mol. The SMILES string of the molecule is CON=C(C(=O)NC1C(=O)N2C(C(=O)OC(c3ccccc3)c3ccccc3)=C(OS(C)(=O)=O)CS[C@H]12)c1nsc(N)n1. The van der Waals surface area contributed by atoms with E-state index in [2.05, 4.69) is 19.8 Å². The standard InChI is InChI=1S/C26H24N6O8S3/c1-38-30-17(21-29-26(27)42-31-21)22(33)28-18-23(34)32-19(16(13-41-24(18)32)40-43(2,36)37)25(35)39-20(14-9-5-3-6-10-14)15-11-7-4-8-12-15/h3-12,18,20,24H,13H2,1-2H3,(H,28,33)(H2,27,29,31)/t18?,24-/m1/s1. The molecular weight excluding hydrogens is 621 g/mol. The van der Waals surface area contributed by atoms with Crippen LogP contribution >= 0.6 is 23.3 Å². The van der Waals surface area contributed by atoms with E-state index < -0.39 is 45.4 Å². The van der Waals surface area contributed by atoms with Gasteiger partial charge < -0.3 is 24.8 Å². The number of nitrogens with zero attached hydrogens (tertiary/aromatic N) is 4. The van der Waals surface area contributed by atoms with E-state index in [1.54, 1.807) is 48.5 Å². The smallest absolute Gasteiger partial charge is 0.359 e. The number of nitrogen functional groups attached to an aromatic ring is 1. The number of aromatic nitrogens is 2. The van der Waals surface area contributed by atoms with E-state index in [-0.39, 0.29) is 33.9 Å². The molecule has 3 heterocycles. The molecule has 5 rings (SSSR count). The van der Waals surface area contributed by atoms with Crippen LogP contribution in [0.15, 0.2) is 77.3 Å². The molecule has 1 fully saturated rings. The molecule has 0 radical (unpaired) electrons. The summed E-state index contributed by atoms with van der Waals surface area (Å²) in [6.07, 6.45) is -0.0551. The lowest BCUT2D eigenvalue weighted by atomic mass is 10.0. The summed E-state index contributed by atoms with van der Waals surface area (Å²) >= 11 is 1.93. The van der Waals surface area contributed by atoms with E-state index >= 15 is 0 Å². The van der Waals surface area contributed by atoms with Gasteiger partial charge in [0.25, 0.3) is 11.8 Å². The first-order valence-corrected chi connectivity index (χ1v) is 16.1. The molecule has 43 heavy (non-hydrogen) atoms. The summed E-state index contributed by atoms with van der Waals surface area (Å²) in [7, 11) is -2.85. The lowest BCUT2D eigenvalue weighted by Crippen LogP contribution is -2.71. The fourth-order valence-electron chi connectivity index (χ4n) is 4.39. The van der Waals surface area contributed by atoms with Crippen LogP contribution in [-0.4, -0.2) is 76.7 Å². The molecule has 1 saturated heterocycles. The van der Waals surface area contributed by atoms with Gasteiger partial charge in [0.05, 0.1) is 12.0 Å². The lowest BCUT2D eigenvalue weighted by Gasteiger charge is -2.49. The summed E-state index contributed by atoms with van der Waals surface area (Å²) in [6.45, 7) is 0. The number of amides is 2. The first-order chi connectivity index (χ1) is 20.6. The van der Waals surface area contributed by atoms with Gasteiger partial charge in [-0.2, -0.15) is 17.8 Å². The molecule has 0 bridgehead atoms. The molecule has 1 unspecified atom stereocenters. The summed E-state index contributed by atoms with van der Waals surface area (Å²) in [4.78, 5) is 50.0. The Morgan fingerprint density at radius 1 is 1.12 bits per heavy atom. The maximum atomic E-state index is 13.8. The van der Waals surface area contributed by atoms with Crippen LogP contribution in [-0.2, 0) is 38.3 Å². The summed E-state index contributed by atoms with van der Waals surface area (Å²) < 4.78 is 39.2. The normalized spacial score (nSPS) is 18.5. The molecule has 3 N–H and O–H groups in total. The Bertz CT molecular complexity index is 1670. The third-order valence-electron chi connectivity index (χ3n) is 6.15. The van der Waals surface area contributed by atoms with Gasteiger partial charge in [-0.25, -0.2) is 4.79 Å². The van der Waals surface area contributed by atoms with Crippen LogP contribution in [0.2, 0.25) is 0 Å². The molecule has 3 aromatic rings. The lowest BCUT2D eigenvalue weighted by molar-refractivity contribution is -0.154. The van der Waals surface area contributed by atoms with Crippen molar-refractivity contribution in [3.05, 3.63) is 89.1 Å². The molecule has 14 nitrogen and oxygen atoms in total. The van der Waals surface area contributed by atoms with Crippen molar-refractivity contribution in [3.63, 3.8) is 0 Å². The fourth-order valence-corrected chi connectivity index (χ4v) is 6.66. The number of thioether (sulfide) groups is 1. The zero-order valence-electron chi connectivity index (χ0n) is 22.6. The van der Waals surface area contributed by atoms with Crippen molar-refractivity contribution in [1.29, 1.82) is 0 Å². The van der Waals surface area contributed by atoms with Crippen LogP contribution in [0.3, 0.4) is 0 Å². The minimum Gasteiger partial charge on any atom is -0.448 e. The minimum absolute atomic E-state index is 0.0938. The number of esters is 1. The minimum atomic E-state index is -4.08. The second kappa shape index (κ2) is 12.4. The largest absolute Gasteiger partial charge is 0.448 e. The predicted octanol–water partition coefficient (Wildman–Crippen LogP) is 1.39. The maximum Gasteiger partial charge on any atom is 0.359 e. The molecule has 0 spiro atoms. The molecule has 2 amide bonds. The number of anilines is 1. The van der Waals surface area contributed by atoms with E-state index in [0.717, 1.165) is 34.5 Å². The second-order valence-electron chi connectivity index (χ2n) is 9.11. The van der Waals surface area contributed by atoms with Gasteiger partial charge in [-0.3, -0.25) is 14.5 Å². The number of fused-ring (bicyclic) bond motifs is 1. The zero-order valence-corrected chi connectivity index (χ0v) is 25.0. The van der Waals surface area contributed by atoms with E-state index in [9.17, 15) is 22.8 Å². The highest BCUT2D eigenvalue weighted by atomic mass is 32.2. The Morgan fingerprint density at radius 3 is 2.28 bits per heavy atom. The third-order valence-corrected chi connectivity index (χ3v) is 8.45. The second-order valence-corrected chi connectivity index (χ2v) is 12.6. The Morgan fingerprint density at radius 2 is 1.74 bits per heavy atom. The zero-order chi connectivity index (χ0) is 30.7. The van der Waals surface area contributed by atoms with Gasteiger partial charge >= 0.3 is 16.1 Å². The first-order valence-electron chi connectivity index (χ1n) is 12.5. The molecule has 2 aliphatic heterocycles. The van der Waals surface area contributed by atoms with E-state index in [4.69, 9.17) is 19.5 Å². The van der Waals surface area contributed by atoms with Gasteiger partial charge in [0, 0.05) is 11.5 Å². The quantitative estimate of drug-likeness (QED) is 0.106. The average Bonchev–Trinajstić information content (AvgIpc) is 3.42. The van der Waals surface area contributed by atoms with Crippen molar-refractivity contribution in [3.8, 4) is 0 Å². The van der Waals surface area contributed by atoms with Crippen molar-refractivity contribution >= 4 is 62.0 Å². The van der Waals surface area contributed by atoms with Crippen molar-refractivity contribution in [1.82, 2.24) is 19.6 Å². The molecule has 2 aliphatic rings. The molecular formula is C26H24N6O8S3. The van der Waals surface area contributed by atoms with Crippen LogP contribution in [0.4, 0.5) is 5.13 Å². The summed E-state index contributed by atoms with van der Waals surface area (Å²) in [5.74, 6) is -2.98. The average molecular weight is 645 g/mol. The summed E-state index contributed by atoms with van der Waals surface area (Å²) in [5.41, 5.74) is 6.23. The van der Waals surface area contributed by atoms with Crippen LogP contribution in [0.5, 0.6) is 0 Å². The van der Waals surface area contributed by atoms with Crippen molar-refractivity contribution in [2.45, 2.75) is 17.5 Å². The third kappa shape index (κ3) is 6.47. The van der Waals surface area contributed by atoms with Gasteiger partial charge in [0.1, 0.15) is 18.5 Å². The number of nitrogens with one attached hydrogen (secondary N) is 1. The number of carbonyl (C=O) groups is 3. The van der Waals surface area contributed by atoms with E-state index in [0.29, 0.717) is 11.1 Å². The Kier molecular flexibility index (Phi) is 8.65. The van der Waals surface area contributed by atoms with E-state index in [1.165, 1.54) is 7.11 Å². The number of hydrogen-bond acceptors (Lipinski definition) is 14. The number of oxime groups is 1. The fraction of sp³-hybridized carbons (Fsp3) is 0.231. The van der Waals surface area contributed by atoms with Crippen molar-refractivity contribution in [2.24, 2.45) is 5.16 Å². The molecule has 0 aliphatic carbocycles. The van der Waals surface area contributed by atoms with Gasteiger partial charge in [0.2, 0.25) is 11.5 Å². The topological polar surface area (TPSA) is 192 Å². The van der Waals surface area contributed by atoms with E-state index in [1.807, 2.05) is 12.1 Å². The monoisotopic (exact) mass is 644 g/mol. The Labute approximate surface area is 254 Å². The number of β-lactam (4-membered cyclic amide) rings is 1. The number of benzene rings is 2. The van der Waals surface area contributed by atoms with Crippen LogP contribution in [0, 0.1) is 0 Å². The number of ether oxygens (including phenoxy) is 1. The summed E-state index contributed by atoms with van der Waals surface area (Å²) in [6, 6.07) is 16.7. The van der Waals surface area contributed by atoms with Crippen LogP contribution in [0.1, 0.15) is 23.1 Å². The van der Waals surface area contributed by atoms with Crippen molar-refractivity contribution < 1.29 is 36.6 Å². The Balaban J connectivity index is 1.44. The Hall–Kier alpha value is -4.48. The van der Waals surface area contributed by atoms with Gasteiger partial charge in [-0.05, 0) is 11.1 Å². The molecule has 224 valence electrons. The molecule has 2 aromatic carbocycles. The van der Waals surface area contributed by atoms with Gasteiger partial charge in [-0.15, -0.1) is 11.8 Å². The summed E-state index contributed by atoms with van der Waals surface area (Å²) in [5, 5.41) is 5.52. The highest BCUT2D eigenvalue weighted by Crippen LogP contribution is 2.42. The van der Waals surface area contributed by atoms with Crippen LogP contribution < -0.4 is 11.1 Å². The number of hydrogen-bond donors (Lipinski definition) is 2.